The standard InChI is InChI=1S/C15H21BrN4/c1-9-6-7-12(10(2)18-9)13(17-4)8-14-15(16)11(3)19-20(14)5/h6-7,13,17H,8H2,1-5H3. The quantitative estimate of drug-likeness (QED) is 0.933. The normalized spacial score (nSPS) is 12.7. The second-order valence-corrected chi connectivity index (χ2v) is 5.94. The maximum absolute atomic E-state index is 4.56. The largest absolute Gasteiger partial charge is 0.313 e. The van der Waals surface area contributed by atoms with E-state index in [0.29, 0.717) is 0 Å². The van der Waals surface area contributed by atoms with Gasteiger partial charge in [0, 0.05) is 30.9 Å². The number of halogens is 1. The molecule has 0 saturated carbocycles. The predicted molar refractivity (Wildman–Crippen MR) is 84.9 cm³/mol. The molecule has 108 valence electrons. The second kappa shape index (κ2) is 6.06. The second-order valence-electron chi connectivity index (χ2n) is 5.14. The highest BCUT2D eigenvalue weighted by atomic mass is 79.9. The molecule has 1 atom stereocenters. The molecule has 2 rings (SSSR count). The van der Waals surface area contributed by atoms with Gasteiger partial charge in [0.15, 0.2) is 0 Å². The zero-order valence-corrected chi connectivity index (χ0v) is 14.2. The van der Waals surface area contributed by atoms with Crippen molar-refractivity contribution in [2.75, 3.05) is 7.05 Å². The molecule has 5 heteroatoms. The van der Waals surface area contributed by atoms with E-state index in [1.165, 1.54) is 11.3 Å². The van der Waals surface area contributed by atoms with Gasteiger partial charge in [-0.15, -0.1) is 0 Å². The number of rotatable bonds is 4. The first kappa shape index (κ1) is 15.2. The lowest BCUT2D eigenvalue weighted by Crippen LogP contribution is -2.21. The van der Waals surface area contributed by atoms with Gasteiger partial charge in [0.05, 0.1) is 15.9 Å². The molecule has 0 saturated heterocycles. The lowest BCUT2D eigenvalue weighted by molar-refractivity contribution is 0.555. The average molecular weight is 337 g/mol. The predicted octanol–water partition coefficient (Wildman–Crippen LogP) is 3.01. The smallest absolute Gasteiger partial charge is 0.0738 e. The molecule has 20 heavy (non-hydrogen) atoms. The molecule has 0 fully saturated rings. The first-order valence-corrected chi connectivity index (χ1v) is 7.52. The number of pyridine rings is 1. The van der Waals surface area contributed by atoms with E-state index in [-0.39, 0.29) is 6.04 Å². The van der Waals surface area contributed by atoms with Crippen molar-refractivity contribution in [3.05, 3.63) is 44.9 Å². The van der Waals surface area contributed by atoms with Gasteiger partial charge in [-0.1, -0.05) is 6.07 Å². The summed E-state index contributed by atoms with van der Waals surface area (Å²) in [6.07, 6.45) is 0.875. The molecule has 0 radical (unpaired) electrons. The van der Waals surface area contributed by atoms with Crippen molar-refractivity contribution < 1.29 is 0 Å². The molecule has 0 aliphatic carbocycles. The van der Waals surface area contributed by atoms with Crippen molar-refractivity contribution in [3.63, 3.8) is 0 Å². The maximum Gasteiger partial charge on any atom is 0.0738 e. The molecule has 1 N–H and O–H groups in total. The van der Waals surface area contributed by atoms with E-state index in [4.69, 9.17) is 0 Å². The molecule has 0 spiro atoms. The van der Waals surface area contributed by atoms with E-state index in [2.05, 4.69) is 50.4 Å². The van der Waals surface area contributed by atoms with Crippen LogP contribution >= 0.6 is 15.9 Å². The highest BCUT2D eigenvalue weighted by Crippen LogP contribution is 2.26. The minimum Gasteiger partial charge on any atom is -0.313 e. The molecule has 2 aromatic heterocycles. The van der Waals surface area contributed by atoms with E-state index in [1.807, 2.05) is 32.6 Å². The molecule has 0 aliphatic rings. The third-order valence-corrected chi connectivity index (χ3v) is 4.68. The van der Waals surface area contributed by atoms with Gasteiger partial charge in [0.25, 0.3) is 0 Å². The zero-order chi connectivity index (χ0) is 14.9. The van der Waals surface area contributed by atoms with Crippen molar-refractivity contribution in [2.45, 2.75) is 33.2 Å². The fourth-order valence-electron chi connectivity index (χ4n) is 2.53. The lowest BCUT2D eigenvalue weighted by Gasteiger charge is -2.19. The van der Waals surface area contributed by atoms with E-state index in [9.17, 15) is 0 Å². The monoisotopic (exact) mass is 336 g/mol. The van der Waals surface area contributed by atoms with E-state index >= 15 is 0 Å². The van der Waals surface area contributed by atoms with Crippen molar-refractivity contribution in [3.8, 4) is 0 Å². The molecule has 2 heterocycles. The van der Waals surface area contributed by atoms with Crippen LogP contribution < -0.4 is 5.32 Å². The Morgan fingerprint density at radius 3 is 2.45 bits per heavy atom. The summed E-state index contributed by atoms with van der Waals surface area (Å²) in [7, 11) is 3.97. The summed E-state index contributed by atoms with van der Waals surface area (Å²) in [5.74, 6) is 0. The van der Waals surface area contributed by atoms with Gasteiger partial charge in [-0.2, -0.15) is 5.10 Å². The Hall–Kier alpha value is -1.20. The van der Waals surface area contributed by atoms with Crippen molar-refractivity contribution in [1.29, 1.82) is 0 Å². The average Bonchev–Trinajstić information content (AvgIpc) is 2.62. The zero-order valence-electron chi connectivity index (χ0n) is 12.7. The van der Waals surface area contributed by atoms with Crippen LogP contribution in [0.15, 0.2) is 16.6 Å². The van der Waals surface area contributed by atoms with Crippen LogP contribution in [0.4, 0.5) is 0 Å². The first-order chi connectivity index (χ1) is 9.43. The number of hydrogen-bond acceptors (Lipinski definition) is 3. The van der Waals surface area contributed by atoms with Gasteiger partial charge in [-0.05, 0) is 55.4 Å². The summed E-state index contributed by atoms with van der Waals surface area (Å²) in [5.41, 5.74) is 5.60. The number of nitrogens with zero attached hydrogens (tertiary/aromatic N) is 3. The van der Waals surface area contributed by atoms with Crippen LogP contribution in [-0.2, 0) is 13.5 Å². The Labute approximate surface area is 128 Å². The molecular formula is C15H21BrN4. The van der Waals surface area contributed by atoms with Gasteiger partial charge in [0.2, 0.25) is 0 Å². The van der Waals surface area contributed by atoms with Crippen LogP contribution in [0, 0.1) is 20.8 Å². The van der Waals surface area contributed by atoms with Crippen molar-refractivity contribution in [2.24, 2.45) is 7.05 Å². The minimum absolute atomic E-state index is 0.231. The van der Waals surface area contributed by atoms with Gasteiger partial charge in [-0.25, -0.2) is 0 Å². The summed E-state index contributed by atoms with van der Waals surface area (Å²) >= 11 is 3.63. The first-order valence-electron chi connectivity index (χ1n) is 6.73. The lowest BCUT2D eigenvalue weighted by atomic mass is 10.0. The van der Waals surface area contributed by atoms with E-state index in [1.54, 1.807) is 0 Å². The summed E-state index contributed by atoms with van der Waals surface area (Å²) in [6.45, 7) is 6.10. The molecule has 0 aliphatic heterocycles. The number of nitrogens with one attached hydrogen (secondary N) is 1. The number of aromatic nitrogens is 3. The van der Waals surface area contributed by atoms with Crippen LogP contribution in [0.25, 0.3) is 0 Å². The Bertz CT molecular complexity index is 619. The summed E-state index contributed by atoms with van der Waals surface area (Å²) < 4.78 is 3.04. The van der Waals surface area contributed by atoms with Crippen molar-refractivity contribution >= 4 is 15.9 Å². The Balaban J connectivity index is 2.33. The molecule has 4 nitrogen and oxygen atoms in total. The maximum atomic E-state index is 4.56. The van der Waals surface area contributed by atoms with Crippen LogP contribution in [-0.4, -0.2) is 21.8 Å². The van der Waals surface area contributed by atoms with Crippen molar-refractivity contribution in [1.82, 2.24) is 20.1 Å². The van der Waals surface area contributed by atoms with E-state index < -0.39 is 0 Å². The van der Waals surface area contributed by atoms with Gasteiger partial charge < -0.3 is 5.32 Å². The Morgan fingerprint density at radius 1 is 1.25 bits per heavy atom. The molecule has 0 aromatic carbocycles. The number of aryl methyl sites for hydroxylation is 4. The highest BCUT2D eigenvalue weighted by molar-refractivity contribution is 9.10. The molecule has 2 aromatic rings. The Morgan fingerprint density at radius 2 is 1.95 bits per heavy atom. The fraction of sp³-hybridized carbons (Fsp3) is 0.467. The molecule has 1 unspecified atom stereocenters. The van der Waals surface area contributed by atoms with Crippen LogP contribution in [0.3, 0.4) is 0 Å². The Kier molecular flexibility index (Phi) is 4.60. The summed E-state index contributed by atoms with van der Waals surface area (Å²) in [5, 5.41) is 7.84. The SMILES string of the molecule is CNC(Cc1c(Br)c(C)nn1C)c1ccc(C)nc1C. The number of hydrogen-bond donors (Lipinski definition) is 1. The molecular weight excluding hydrogens is 316 g/mol. The fourth-order valence-corrected chi connectivity index (χ4v) is 3.03. The van der Waals surface area contributed by atoms with E-state index in [0.717, 1.165) is 28.0 Å². The summed E-state index contributed by atoms with van der Waals surface area (Å²) in [4.78, 5) is 4.56. The van der Waals surface area contributed by atoms with Gasteiger partial charge in [-0.3, -0.25) is 9.67 Å². The summed E-state index contributed by atoms with van der Waals surface area (Å²) in [6, 6.07) is 4.46. The minimum atomic E-state index is 0.231. The number of likely N-dealkylation sites (N-methyl/N-ethyl adjacent to an activating group) is 1. The molecule has 0 amide bonds. The topological polar surface area (TPSA) is 42.7 Å². The van der Waals surface area contributed by atoms with Crippen LogP contribution in [0.1, 0.15) is 34.4 Å². The highest BCUT2D eigenvalue weighted by Gasteiger charge is 2.18. The molecule has 0 bridgehead atoms. The van der Waals surface area contributed by atoms with Gasteiger partial charge in [0.1, 0.15) is 0 Å². The van der Waals surface area contributed by atoms with Crippen LogP contribution in [0.2, 0.25) is 0 Å². The van der Waals surface area contributed by atoms with Gasteiger partial charge >= 0.3 is 0 Å². The third-order valence-electron chi connectivity index (χ3n) is 3.65. The van der Waals surface area contributed by atoms with Crippen LogP contribution in [0.5, 0.6) is 0 Å². The third kappa shape index (κ3) is 2.94.